The van der Waals surface area contributed by atoms with E-state index in [1.807, 2.05) is 0 Å². The van der Waals surface area contributed by atoms with Gasteiger partial charge in [0, 0.05) is 12.1 Å². The van der Waals surface area contributed by atoms with Crippen molar-refractivity contribution in [3.63, 3.8) is 0 Å². The summed E-state index contributed by atoms with van der Waals surface area (Å²) in [5, 5.41) is 7.54. The molecule has 0 aromatic rings. The van der Waals surface area contributed by atoms with Crippen LogP contribution >= 0.6 is 0 Å². The molecule has 4 heteroatoms. The second-order valence-corrected chi connectivity index (χ2v) is 8.50. The molecule has 4 aliphatic rings. The van der Waals surface area contributed by atoms with Crippen LogP contribution in [-0.4, -0.2) is 62.4 Å². The summed E-state index contributed by atoms with van der Waals surface area (Å²) >= 11 is 0. The van der Waals surface area contributed by atoms with Crippen molar-refractivity contribution in [1.29, 1.82) is 0 Å². The highest BCUT2D eigenvalue weighted by molar-refractivity contribution is 4.96. The van der Waals surface area contributed by atoms with Crippen LogP contribution in [-0.2, 0) is 4.74 Å². The van der Waals surface area contributed by atoms with Crippen LogP contribution in [0.25, 0.3) is 0 Å². The molecule has 1 aliphatic carbocycles. The average Bonchev–Trinajstić information content (AvgIpc) is 3.07. The van der Waals surface area contributed by atoms with Crippen molar-refractivity contribution < 1.29 is 4.74 Å². The first-order valence-electron chi connectivity index (χ1n) is 10.1. The Morgan fingerprint density at radius 3 is 2.39 bits per heavy atom. The molecular formula is C19H35N3O. The Hall–Kier alpha value is -0.160. The van der Waals surface area contributed by atoms with Gasteiger partial charge in [0.15, 0.2) is 0 Å². The van der Waals surface area contributed by atoms with Gasteiger partial charge in [0.1, 0.15) is 0 Å². The Kier molecular flexibility index (Phi) is 5.24. The summed E-state index contributed by atoms with van der Waals surface area (Å²) in [6, 6.07) is 1.93. The van der Waals surface area contributed by atoms with E-state index in [2.05, 4.69) is 15.5 Å². The van der Waals surface area contributed by atoms with E-state index in [1.54, 1.807) is 0 Å². The third-order valence-electron chi connectivity index (χ3n) is 7.07. The maximum Gasteiger partial charge on any atom is 0.0638 e. The van der Waals surface area contributed by atoms with Crippen LogP contribution in [0.4, 0.5) is 0 Å². The average molecular weight is 322 g/mol. The molecule has 4 nitrogen and oxygen atoms in total. The maximum atomic E-state index is 5.86. The van der Waals surface area contributed by atoms with Gasteiger partial charge in [0.05, 0.1) is 19.3 Å². The zero-order chi connectivity index (χ0) is 15.5. The fourth-order valence-electron chi connectivity index (χ4n) is 5.47. The Balaban J connectivity index is 1.28. The maximum absolute atomic E-state index is 5.86. The lowest BCUT2D eigenvalue weighted by Crippen LogP contribution is -2.54. The van der Waals surface area contributed by atoms with Gasteiger partial charge < -0.3 is 15.4 Å². The lowest BCUT2D eigenvalue weighted by atomic mass is 9.67. The SMILES string of the molecule is C1CCN([C@H]2COC[C@@H]2NC2CCC3(CCNCC3)CC2)CC1. The molecule has 4 rings (SSSR count). The van der Waals surface area contributed by atoms with Crippen molar-refractivity contribution >= 4 is 0 Å². The van der Waals surface area contributed by atoms with Gasteiger partial charge in [0.2, 0.25) is 0 Å². The van der Waals surface area contributed by atoms with Crippen molar-refractivity contribution in [1.82, 2.24) is 15.5 Å². The van der Waals surface area contributed by atoms with Gasteiger partial charge in [-0.25, -0.2) is 0 Å². The Labute approximate surface area is 141 Å². The number of ether oxygens (including phenoxy) is 1. The molecule has 3 heterocycles. The van der Waals surface area contributed by atoms with Gasteiger partial charge in [-0.05, 0) is 83.0 Å². The number of hydrogen-bond acceptors (Lipinski definition) is 4. The van der Waals surface area contributed by atoms with Crippen molar-refractivity contribution in [2.45, 2.75) is 75.9 Å². The molecule has 4 fully saturated rings. The van der Waals surface area contributed by atoms with Crippen molar-refractivity contribution in [3.8, 4) is 0 Å². The second-order valence-electron chi connectivity index (χ2n) is 8.50. The van der Waals surface area contributed by atoms with E-state index in [0.717, 1.165) is 19.3 Å². The standard InChI is InChI=1S/C19H35N3O/c1-2-12-22(13-3-1)18-15-23-14-17(18)21-16-4-6-19(7-5-16)8-10-20-11-9-19/h16-18,20-21H,1-15H2/t17-,18-/m0/s1. The van der Waals surface area contributed by atoms with Crippen LogP contribution in [0.15, 0.2) is 0 Å². The predicted octanol–water partition coefficient (Wildman–Crippen LogP) is 2.14. The molecule has 132 valence electrons. The summed E-state index contributed by atoms with van der Waals surface area (Å²) in [5.74, 6) is 0. The van der Waals surface area contributed by atoms with Gasteiger partial charge in [0.25, 0.3) is 0 Å². The Morgan fingerprint density at radius 1 is 0.913 bits per heavy atom. The van der Waals surface area contributed by atoms with Crippen LogP contribution in [0.2, 0.25) is 0 Å². The fourth-order valence-corrected chi connectivity index (χ4v) is 5.47. The van der Waals surface area contributed by atoms with Crippen LogP contribution in [0.5, 0.6) is 0 Å². The number of piperidine rings is 2. The first kappa shape index (κ1) is 16.3. The van der Waals surface area contributed by atoms with Crippen molar-refractivity contribution in [3.05, 3.63) is 0 Å². The van der Waals surface area contributed by atoms with E-state index in [4.69, 9.17) is 4.74 Å². The molecular weight excluding hydrogens is 286 g/mol. The predicted molar refractivity (Wildman–Crippen MR) is 93.7 cm³/mol. The van der Waals surface area contributed by atoms with E-state index < -0.39 is 0 Å². The highest BCUT2D eigenvalue weighted by atomic mass is 16.5. The molecule has 2 N–H and O–H groups in total. The number of nitrogens with zero attached hydrogens (tertiary/aromatic N) is 1. The third kappa shape index (κ3) is 3.76. The van der Waals surface area contributed by atoms with Gasteiger partial charge >= 0.3 is 0 Å². The summed E-state index contributed by atoms with van der Waals surface area (Å²) in [7, 11) is 0. The van der Waals surface area contributed by atoms with E-state index in [-0.39, 0.29) is 0 Å². The van der Waals surface area contributed by atoms with Gasteiger partial charge in [-0.1, -0.05) is 6.42 Å². The minimum Gasteiger partial charge on any atom is -0.378 e. The van der Waals surface area contributed by atoms with Crippen LogP contribution in [0.3, 0.4) is 0 Å². The molecule has 0 unspecified atom stereocenters. The molecule has 1 spiro atoms. The molecule has 0 aromatic heterocycles. The molecule has 2 atom stereocenters. The largest absolute Gasteiger partial charge is 0.378 e. The zero-order valence-corrected chi connectivity index (χ0v) is 14.7. The third-order valence-corrected chi connectivity index (χ3v) is 7.07. The van der Waals surface area contributed by atoms with Crippen LogP contribution in [0, 0.1) is 5.41 Å². The minimum absolute atomic E-state index is 0.570. The van der Waals surface area contributed by atoms with Gasteiger partial charge in [-0.3, -0.25) is 4.90 Å². The molecule has 23 heavy (non-hydrogen) atoms. The summed E-state index contributed by atoms with van der Waals surface area (Å²) in [4.78, 5) is 2.70. The number of rotatable bonds is 3. The smallest absolute Gasteiger partial charge is 0.0638 e. The fraction of sp³-hybridized carbons (Fsp3) is 1.00. The molecule has 0 bridgehead atoms. The first-order chi connectivity index (χ1) is 11.3. The molecule has 3 saturated heterocycles. The van der Waals surface area contributed by atoms with Crippen LogP contribution < -0.4 is 10.6 Å². The summed E-state index contributed by atoms with van der Waals surface area (Å²) in [6.07, 6.45) is 12.6. The normalized spacial score (nSPS) is 36.5. The van der Waals surface area contributed by atoms with E-state index >= 15 is 0 Å². The van der Waals surface area contributed by atoms with Crippen LogP contribution in [0.1, 0.15) is 57.8 Å². The lowest BCUT2D eigenvalue weighted by Gasteiger charge is -2.44. The molecule has 1 saturated carbocycles. The summed E-state index contributed by atoms with van der Waals surface area (Å²) < 4.78 is 5.86. The Morgan fingerprint density at radius 2 is 1.65 bits per heavy atom. The zero-order valence-electron chi connectivity index (χ0n) is 14.7. The van der Waals surface area contributed by atoms with E-state index in [9.17, 15) is 0 Å². The van der Waals surface area contributed by atoms with Crippen molar-refractivity contribution in [2.75, 3.05) is 39.4 Å². The summed E-state index contributed by atoms with van der Waals surface area (Å²) in [5.41, 5.74) is 0.682. The van der Waals surface area contributed by atoms with E-state index in [0.29, 0.717) is 17.5 Å². The van der Waals surface area contributed by atoms with Crippen molar-refractivity contribution in [2.24, 2.45) is 5.41 Å². The summed E-state index contributed by atoms with van der Waals surface area (Å²) in [6.45, 7) is 6.92. The quantitative estimate of drug-likeness (QED) is 0.835. The number of likely N-dealkylation sites (tertiary alicyclic amines) is 1. The number of hydrogen-bond donors (Lipinski definition) is 2. The topological polar surface area (TPSA) is 36.5 Å². The van der Waals surface area contributed by atoms with Gasteiger partial charge in [-0.2, -0.15) is 0 Å². The minimum atomic E-state index is 0.570. The van der Waals surface area contributed by atoms with Gasteiger partial charge in [-0.15, -0.1) is 0 Å². The highest BCUT2D eigenvalue weighted by Gasteiger charge is 2.39. The molecule has 0 amide bonds. The molecule has 3 aliphatic heterocycles. The number of nitrogens with one attached hydrogen (secondary N) is 2. The second kappa shape index (κ2) is 7.38. The highest BCUT2D eigenvalue weighted by Crippen LogP contribution is 2.43. The lowest BCUT2D eigenvalue weighted by molar-refractivity contribution is 0.101. The molecule has 0 aromatic carbocycles. The monoisotopic (exact) mass is 321 g/mol. The Bertz CT molecular complexity index is 367. The first-order valence-corrected chi connectivity index (χ1v) is 10.1. The van der Waals surface area contributed by atoms with E-state index in [1.165, 1.54) is 84.0 Å². The molecule has 0 radical (unpaired) electrons.